The van der Waals surface area contributed by atoms with Gasteiger partial charge in [-0.2, -0.15) is 0 Å². The summed E-state index contributed by atoms with van der Waals surface area (Å²) in [5.41, 5.74) is 2.35. The fourth-order valence-corrected chi connectivity index (χ4v) is 3.83. The minimum Gasteiger partial charge on any atom is -0.457 e. The molecule has 4 aliphatic rings. The predicted octanol–water partition coefficient (Wildman–Crippen LogP) is 2.69. The third kappa shape index (κ3) is 5.49. The number of epoxide rings is 4. The summed E-state index contributed by atoms with van der Waals surface area (Å²) in [5.74, 6) is 1.66. The van der Waals surface area contributed by atoms with Crippen molar-refractivity contribution in [1.82, 2.24) is 0 Å². The Bertz CT molecular complexity index is 772. The van der Waals surface area contributed by atoms with Crippen LogP contribution in [0.25, 0.3) is 0 Å². The van der Waals surface area contributed by atoms with Gasteiger partial charge in [-0.3, -0.25) is 0 Å². The van der Waals surface area contributed by atoms with Crippen LogP contribution < -0.4 is 14.5 Å². The maximum atomic E-state index is 6.09. The van der Waals surface area contributed by atoms with Crippen LogP contribution in [-0.4, -0.2) is 77.0 Å². The van der Waals surface area contributed by atoms with E-state index in [0.717, 1.165) is 64.1 Å². The van der Waals surface area contributed by atoms with Crippen LogP contribution >= 0.6 is 0 Å². The molecule has 6 rings (SSSR count). The third-order valence-electron chi connectivity index (χ3n) is 5.95. The Labute approximate surface area is 182 Å². The van der Waals surface area contributed by atoms with Gasteiger partial charge in [-0.1, -0.05) is 0 Å². The van der Waals surface area contributed by atoms with Crippen LogP contribution in [0.5, 0.6) is 11.5 Å². The molecule has 0 spiro atoms. The lowest BCUT2D eigenvalue weighted by atomic mass is 10.2. The first-order valence-corrected chi connectivity index (χ1v) is 11.1. The molecule has 0 amide bonds. The molecule has 4 atom stereocenters. The van der Waals surface area contributed by atoms with E-state index in [1.54, 1.807) is 0 Å². The second-order valence-corrected chi connectivity index (χ2v) is 8.72. The molecule has 0 saturated carbocycles. The van der Waals surface area contributed by atoms with Crippen LogP contribution in [0.1, 0.15) is 0 Å². The molecule has 2 aromatic carbocycles. The number of hydrogen-bond donors (Lipinski definition) is 0. The van der Waals surface area contributed by atoms with Crippen molar-refractivity contribution in [1.29, 1.82) is 0 Å². The molecule has 31 heavy (non-hydrogen) atoms. The highest BCUT2D eigenvalue weighted by atomic mass is 16.6. The zero-order chi connectivity index (χ0) is 20.6. The van der Waals surface area contributed by atoms with Crippen molar-refractivity contribution in [3.05, 3.63) is 48.5 Å². The lowest BCUT2D eigenvalue weighted by Crippen LogP contribution is -2.31. The fraction of sp³-hybridized carbons (Fsp3) is 0.500. The Kier molecular flexibility index (Phi) is 5.20. The third-order valence-corrected chi connectivity index (χ3v) is 5.95. The van der Waals surface area contributed by atoms with Crippen molar-refractivity contribution in [2.24, 2.45) is 0 Å². The topological polar surface area (TPSA) is 65.8 Å². The number of rotatable bonds is 12. The van der Waals surface area contributed by atoms with Crippen LogP contribution in [-0.2, 0) is 18.9 Å². The monoisotopic (exact) mass is 424 g/mol. The molecule has 0 N–H and O–H groups in total. The first-order valence-electron chi connectivity index (χ1n) is 11.1. The quantitative estimate of drug-likeness (QED) is 0.486. The summed E-state index contributed by atoms with van der Waals surface area (Å²) in [6, 6.07) is 16.6. The van der Waals surface area contributed by atoms with Crippen molar-refractivity contribution < 1.29 is 23.7 Å². The molecule has 0 radical (unpaired) electrons. The summed E-state index contributed by atoms with van der Waals surface area (Å²) in [6.45, 7) is 7.09. The molecule has 4 heterocycles. The van der Waals surface area contributed by atoms with Crippen molar-refractivity contribution >= 4 is 11.4 Å². The summed E-state index contributed by atoms with van der Waals surface area (Å²) in [5, 5.41) is 0. The lowest BCUT2D eigenvalue weighted by molar-refractivity contribution is 0.388. The Morgan fingerprint density at radius 2 is 0.839 bits per heavy atom. The van der Waals surface area contributed by atoms with Gasteiger partial charge in [-0.25, -0.2) is 0 Å². The average molecular weight is 424 g/mol. The van der Waals surface area contributed by atoms with Gasteiger partial charge in [0.2, 0.25) is 0 Å². The summed E-state index contributed by atoms with van der Waals surface area (Å²) in [6.07, 6.45) is 1.41. The molecule has 0 aliphatic carbocycles. The Hall–Kier alpha value is -2.32. The van der Waals surface area contributed by atoms with Gasteiger partial charge < -0.3 is 33.5 Å². The van der Waals surface area contributed by atoms with Crippen LogP contribution in [0.3, 0.4) is 0 Å². The number of anilines is 2. The molecule has 4 saturated heterocycles. The van der Waals surface area contributed by atoms with Crippen molar-refractivity contribution in [3.8, 4) is 11.5 Å². The van der Waals surface area contributed by atoms with E-state index in [1.807, 2.05) is 24.3 Å². The Morgan fingerprint density at radius 1 is 0.548 bits per heavy atom. The van der Waals surface area contributed by atoms with Gasteiger partial charge in [0.15, 0.2) is 0 Å². The molecular formula is C24H28N2O5. The highest BCUT2D eigenvalue weighted by Crippen LogP contribution is 2.29. The average Bonchev–Trinajstić information content (AvgIpc) is 3.63. The summed E-state index contributed by atoms with van der Waals surface area (Å²) in [4.78, 5) is 4.69. The fourth-order valence-electron chi connectivity index (χ4n) is 3.83. The molecule has 0 bridgehead atoms. The first kappa shape index (κ1) is 19.4. The van der Waals surface area contributed by atoms with Crippen molar-refractivity contribution in [3.63, 3.8) is 0 Å². The second-order valence-electron chi connectivity index (χ2n) is 8.72. The van der Waals surface area contributed by atoms with Gasteiger partial charge in [0, 0.05) is 37.6 Å². The molecule has 0 aromatic heterocycles. The van der Waals surface area contributed by atoms with E-state index < -0.39 is 0 Å². The maximum absolute atomic E-state index is 6.09. The number of nitrogens with zero attached hydrogens (tertiary/aromatic N) is 2. The van der Waals surface area contributed by atoms with E-state index in [1.165, 1.54) is 11.4 Å². The highest BCUT2D eigenvalue weighted by Gasteiger charge is 2.32. The lowest BCUT2D eigenvalue weighted by Gasteiger charge is -2.24. The first-order chi connectivity index (χ1) is 15.3. The van der Waals surface area contributed by atoms with Crippen LogP contribution in [0.15, 0.2) is 48.5 Å². The molecule has 2 aromatic rings. The normalized spacial score (nSPS) is 27.5. The van der Waals surface area contributed by atoms with E-state index in [4.69, 9.17) is 23.7 Å². The molecule has 4 fully saturated rings. The van der Waals surface area contributed by atoms with Gasteiger partial charge >= 0.3 is 0 Å². The van der Waals surface area contributed by atoms with Crippen molar-refractivity contribution in [2.75, 3.05) is 62.4 Å². The minimum atomic E-state index is 0.353. The largest absolute Gasteiger partial charge is 0.457 e. The number of hydrogen-bond acceptors (Lipinski definition) is 7. The summed E-state index contributed by atoms with van der Waals surface area (Å²) in [7, 11) is 0. The van der Waals surface area contributed by atoms with E-state index in [2.05, 4.69) is 34.1 Å². The Balaban J connectivity index is 1.08. The van der Waals surface area contributed by atoms with Gasteiger partial charge in [-0.05, 0) is 48.5 Å². The Morgan fingerprint density at radius 3 is 1.10 bits per heavy atom. The van der Waals surface area contributed by atoms with Crippen LogP contribution in [0.4, 0.5) is 11.4 Å². The van der Waals surface area contributed by atoms with E-state index in [-0.39, 0.29) is 0 Å². The van der Waals surface area contributed by atoms with E-state index >= 15 is 0 Å². The summed E-state index contributed by atoms with van der Waals surface area (Å²) >= 11 is 0. The molecule has 7 heteroatoms. The zero-order valence-electron chi connectivity index (χ0n) is 17.5. The smallest absolute Gasteiger partial charge is 0.127 e. The number of benzene rings is 2. The zero-order valence-corrected chi connectivity index (χ0v) is 17.5. The second kappa shape index (κ2) is 8.31. The molecule has 0 unspecified atom stereocenters. The van der Waals surface area contributed by atoms with E-state index in [0.29, 0.717) is 24.4 Å². The van der Waals surface area contributed by atoms with Crippen molar-refractivity contribution in [2.45, 2.75) is 24.4 Å². The van der Waals surface area contributed by atoms with E-state index in [9.17, 15) is 0 Å². The summed E-state index contributed by atoms with van der Waals surface area (Å²) < 4.78 is 27.8. The maximum Gasteiger partial charge on any atom is 0.127 e. The van der Waals surface area contributed by atoms with Gasteiger partial charge in [0.25, 0.3) is 0 Å². The van der Waals surface area contributed by atoms with Gasteiger partial charge in [-0.15, -0.1) is 0 Å². The van der Waals surface area contributed by atoms with Gasteiger partial charge in [0.05, 0.1) is 50.8 Å². The minimum absolute atomic E-state index is 0.353. The predicted molar refractivity (Wildman–Crippen MR) is 116 cm³/mol. The number of ether oxygens (including phenoxy) is 5. The molecule has 164 valence electrons. The SMILES string of the molecule is c1cc(N(C[C@H]2CO2)C[C@@H]2CO2)ccc1Oc1ccc(N(C[C@H]2CO2)C[C@@H]2CO2)cc1. The highest BCUT2D eigenvalue weighted by molar-refractivity contribution is 5.52. The van der Waals surface area contributed by atoms with Crippen LogP contribution in [0, 0.1) is 0 Å². The molecule has 7 nitrogen and oxygen atoms in total. The molecule has 4 aliphatic heterocycles. The van der Waals surface area contributed by atoms with Gasteiger partial charge in [0.1, 0.15) is 11.5 Å². The van der Waals surface area contributed by atoms with Crippen LogP contribution in [0.2, 0.25) is 0 Å². The standard InChI is InChI=1S/C24H28N2O5/c1-5-19(6-2-17(1)25(9-21-13-27-21)10-22-14-28-22)31-20-7-3-18(4-8-20)26(11-23-15-29-23)12-24-16-30-24/h1-8,21-24H,9-16H2/t21-,22+,23-,24+. The molecular weight excluding hydrogens is 396 g/mol.